The van der Waals surface area contributed by atoms with Gasteiger partial charge in [0.2, 0.25) is 11.7 Å². The Labute approximate surface area is 169 Å². The van der Waals surface area contributed by atoms with Crippen molar-refractivity contribution in [3.8, 4) is 5.75 Å². The highest BCUT2D eigenvalue weighted by Gasteiger charge is 2.65. The quantitative estimate of drug-likeness (QED) is 0.663. The molecule has 176 valence electrons. The Bertz CT molecular complexity index is 841. The number of hydrogen-bond acceptors (Lipinski definition) is 4. The van der Waals surface area contributed by atoms with Crippen LogP contribution in [0.2, 0.25) is 0 Å². The van der Waals surface area contributed by atoms with Gasteiger partial charge < -0.3 is 20.3 Å². The molecule has 2 rings (SSSR count). The molecular weight excluding hydrogens is 450 g/mol. The minimum absolute atomic E-state index is 0.110. The molecule has 0 radical (unpaired) electrons. The molecule has 1 aliphatic rings. The van der Waals surface area contributed by atoms with Crippen molar-refractivity contribution in [1.82, 2.24) is 0 Å². The molecule has 0 aliphatic carbocycles. The average Bonchev–Trinajstić information content (AvgIpc) is 2.90. The molecule has 6 nitrogen and oxygen atoms in total. The van der Waals surface area contributed by atoms with E-state index in [1.807, 2.05) is 0 Å². The molecule has 14 heteroatoms. The molecule has 1 aliphatic heterocycles. The van der Waals surface area contributed by atoms with Crippen molar-refractivity contribution in [3.05, 3.63) is 29.3 Å². The maximum absolute atomic E-state index is 13.9. The molecule has 1 fully saturated rings. The summed E-state index contributed by atoms with van der Waals surface area (Å²) in [7, 11) is 1.05. The maximum Gasteiger partial charge on any atom is 0.490 e. The Balaban J connectivity index is 0.000000592. The molecule has 0 bridgehead atoms. The monoisotopic (exact) mass is 467 g/mol. The first kappa shape index (κ1) is 26.4. The van der Waals surface area contributed by atoms with E-state index in [4.69, 9.17) is 25.1 Å². The number of carbonyl (C=O) groups is 2. The van der Waals surface area contributed by atoms with Crippen molar-refractivity contribution in [1.29, 1.82) is 0 Å². The lowest BCUT2D eigenvalue weighted by Gasteiger charge is -2.32. The number of carboxylic acid groups (broad SMARTS) is 1. The van der Waals surface area contributed by atoms with E-state index in [9.17, 15) is 39.9 Å². The SMILES string of the molecule is COc1c(C2C(C(N)=O)OC(C)(C(F)(F)F)C2C)ccc(F)c1F.O=C(O)C(F)(F)F. The van der Waals surface area contributed by atoms with Crippen molar-refractivity contribution < 1.29 is 59.3 Å². The summed E-state index contributed by atoms with van der Waals surface area (Å²) in [4.78, 5) is 20.5. The number of hydrogen-bond donors (Lipinski definition) is 2. The average molecular weight is 467 g/mol. The Kier molecular flexibility index (Phi) is 7.53. The molecule has 31 heavy (non-hydrogen) atoms. The lowest BCUT2D eigenvalue weighted by Crippen LogP contribution is -2.47. The molecule has 0 aromatic heterocycles. The number of amides is 1. The van der Waals surface area contributed by atoms with Crippen LogP contribution < -0.4 is 10.5 Å². The third-order valence-electron chi connectivity index (χ3n) is 4.84. The molecule has 0 saturated carbocycles. The van der Waals surface area contributed by atoms with Crippen LogP contribution in [0.25, 0.3) is 0 Å². The summed E-state index contributed by atoms with van der Waals surface area (Å²) in [5, 5.41) is 7.12. The summed E-state index contributed by atoms with van der Waals surface area (Å²) in [6.45, 7) is 2.00. The molecule has 1 aromatic rings. The third-order valence-corrected chi connectivity index (χ3v) is 4.84. The first-order valence-electron chi connectivity index (χ1n) is 8.26. The van der Waals surface area contributed by atoms with Gasteiger partial charge in [0.15, 0.2) is 17.2 Å². The van der Waals surface area contributed by atoms with Gasteiger partial charge in [-0.3, -0.25) is 4.79 Å². The lowest BCUT2D eigenvalue weighted by molar-refractivity contribution is -0.272. The zero-order chi connectivity index (χ0) is 24.5. The number of halogens is 8. The Morgan fingerprint density at radius 3 is 2.00 bits per heavy atom. The fourth-order valence-corrected chi connectivity index (χ4v) is 3.06. The van der Waals surface area contributed by atoms with E-state index in [0.29, 0.717) is 0 Å². The Morgan fingerprint density at radius 2 is 1.65 bits per heavy atom. The van der Waals surface area contributed by atoms with Gasteiger partial charge in [-0.2, -0.15) is 30.7 Å². The molecule has 0 spiro atoms. The van der Waals surface area contributed by atoms with Crippen molar-refractivity contribution >= 4 is 11.9 Å². The van der Waals surface area contributed by atoms with Crippen LogP contribution in [0, 0.1) is 17.6 Å². The predicted octanol–water partition coefficient (Wildman–Crippen LogP) is 3.53. The highest BCUT2D eigenvalue weighted by Crippen LogP contribution is 2.54. The zero-order valence-electron chi connectivity index (χ0n) is 16.1. The second-order valence-electron chi connectivity index (χ2n) is 6.65. The summed E-state index contributed by atoms with van der Waals surface area (Å²) in [6.07, 6.45) is -11.5. The minimum Gasteiger partial charge on any atom is -0.493 e. The standard InChI is InChI=1S/C15H16F5NO3.C2HF3O2/c1-6-9(7-4-5-8(16)10(17)11(7)23-3)12(13(21)22)24-14(6,2)15(18,19)20;3-2(4,5)1(6)7/h4-6,9,12H,1-3H3,(H2,21,22);(H,6,7). The Morgan fingerprint density at radius 1 is 1.16 bits per heavy atom. The van der Waals surface area contributed by atoms with Crippen LogP contribution in [0.4, 0.5) is 35.1 Å². The number of carboxylic acids is 1. The molecule has 4 unspecified atom stereocenters. The van der Waals surface area contributed by atoms with Crippen molar-refractivity contribution in [2.75, 3.05) is 7.11 Å². The molecule has 4 atom stereocenters. The molecule has 1 saturated heterocycles. The predicted molar refractivity (Wildman–Crippen MR) is 87.0 cm³/mol. The largest absolute Gasteiger partial charge is 0.493 e. The van der Waals surface area contributed by atoms with Gasteiger partial charge in [-0.05, 0) is 13.0 Å². The second kappa shape index (κ2) is 8.85. The Hall–Kier alpha value is -2.64. The highest BCUT2D eigenvalue weighted by molar-refractivity contribution is 5.81. The topological polar surface area (TPSA) is 98.9 Å². The summed E-state index contributed by atoms with van der Waals surface area (Å²) < 4.78 is 109. The molecule has 1 heterocycles. The summed E-state index contributed by atoms with van der Waals surface area (Å²) in [5.41, 5.74) is 2.39. The van der Waals surface area contributed by atoms with Crippen molar-refractivity contribution in [2.45, 2.75) is 43.8 Å². The summed E-state index contributed by atoms with van der Waals surface area (Å²) in [5.74, 6) is -9.59. The van der Waals surface area contributed by atoms with Crippen molar-refractivity contribution in [2.24, 2.45) is 11.7 Å². The number of carbonyl (C=O) groups excluding carboxylic acids is 1. The van der Waals surface area contributed by atoms with E-state index in [-0.39, 0.29) is 5.56 Å². The van der Waals surface area contributed by atoms with Crippen LogP contribution in [-0.4, -0.2) is 48.2 Å². The lowest BCUT2D eigenvalue weighted by atomic mass is 9.77. The number of aliphatic carboxylic acids is 1. The smallest absolute Gasteiger partial charge is 0.490 e. The van der Waals surface area contributed by atoms with Crippen molar-refractivity contribution in [3.63, 3.8) is 0 Å². The number of alkyl halides is 6. The first-order valence-corrected chi connectivity index (χ1v) is 8.26. The normalized spacial score (nSPS) is 26.1. The fourth-order valence-electron chi connectivity index (χ4n) is 3.06. The van der Waals surface area contributed by atoms with E-state index in [2.05, 4.69) is 0 Å². The van der Waals surface area contributed by atoms with Gasteiger partial charge in [0.05, 0.1) is 7.11 Å². The van der Waals surface area contributed by atoms with E-state index in [0.717, 1.165) is 26.2 Å². The third kappa shape index (κ3) is 5.17. The van der Waals surface area contributed by atoms with Crippen LogP contribution >= 0.6 is 0 Å². The number of benzene rings is 1. The number of methoxy groups -OCH3 is 1. The van der Waals surface area contributed by atoms with Gasteiger partial charge in [-0.25, -0.2) is 9.18 Å². The van der Waals surface area contributed by atoms with Gasteiger partial charge in [-0.1, -0.05) is 13.0 Å². The van der Waals surface area contributed by atoms with Gasteiger partial charge in [0, 0.05) is 17.4 Å². The zero-order valence-corrected chi connectivity index (χ0v) is 16.1. The maximum atomic E-state index is 13.9. The van der Waals surface area contributed by atoms with E-state index >= 15 is 0 Å². The number of ether oxygens (including phenoxy) is 2. The minimum atomic E-state index is -5.08. The first-order chi connectivity index (χ1) is 13.9. The number of rotatable bonds is 3. The summed E-state index contributed by atoms with van der Waals surface area (Å²) in [6, 6.07) is 1.82. The van der Waals surface area contributed by atoms with Gasteiger partial charge in [0.1, 0.15) is 6.10 Å². The van der Waals surface area contributed by atoms with Gasteiger partial charge in [0.25, 0.3) is 0 Å². The van der Waals surface area contributed by atoms with Gasteiger partial charge in [-0.15, -0.1) is 0 Å². The number of primary amides is 1. The highest BCUT2D eigenvalue weighted by atomic mass is 19.4. The van der Waals surface area contributed by atoms with Crippen LogP contribution in [0.3, 0.4) is 0 Å². The van der Waals surface area contributed by atoms with E-state index in [1.165, 1.54) is 6.92 Å². The molecule has 1 amide bonds. The van der Waals surface area contributed by atoms with Crippen LogP contribution in [0.15, 0.2) is 12.1 Å². The molecule has 1 aromatic carbocycles. The van der Waals surface area contributed by atoms with Crippen LogP contribution in [0.1, 0.15) is 25.3 Å². The van der Waals surface area contributed by atoms with Crippen LogP contribution in [0.5, 0.6) is 5.75 Å². The van der Waals surface area contributed by atoms with Gasteiger partial charge >= 0.3 is 18.3 Å². The molecular formula is C17H17F8NO5. The number of nitrogens with two attached hydrogens (primary N) is 1. The van der Waals surface area contributed by atoms with E-state index < -0.39 is 65.2 Å². The summed E-state index contributed by atoms with van der Waals surface area (Å²) >= 11 is 0. The van der Waals surface area contributed by atoms with Crippen LogP contribution in [-0.2, 0) is 14.3 Å². The van der Waals surface area contributed by atoms with E-state index in [1.54, 1.807) is 0 Å². The second-order valence-corrected chi connectivity index (χ2v) is 6.65. The fraction of sp³-hybridized carbons (Fsp3) is 0.529. The molecule has 3 N–H and O–H groups in total.